The Morgan fingerprint density at radius 3 is 2.77 bits per heavy atom. The molecule has 3 aromatic rings. The first-order valence-corrected chi connectivity index (χ1v) is 8.66. The topological polar surface area (TPSA) is 77.2 Å². The molecule has 1 aromatic heterocycles. The van der Waals surface area contributed by atoms with E-state index in [2.05, 4.69) is 21.7 Å². The maximum atomic E-state index is 12.4. The van der Waals surface area contributed by atoms with E-state index in [0.717, 1.165) is 28.6 Å². The number of amides is 3. The Labute approximate surface area is 151 Å². The van der Waals surface area contributed by atoms with Crippen molar-refractivity contribution in [3.05, 3.63) is 65.9 Å². The molecule has 0 aliphatic carbocycles. The average Bonchev–Trinajstić information content (AvgIpc) is 3.15. The Bertz CT molecular complexity index is 963. The Morgan fingerprint density at radius 1 is 1.04 bits per heavy atom. The number of anilines is 1. The molecule has 26 heavy (non-hydrogen) atoms. The van der Waals surface area contributed by atoms with Crippen molar-refractivity contribution in [2.45, 2.75) is 13.0 Å². The molecule has 132 valence electrons. The molecular weight excluding hydrogens is 328 g/mol. The molecule has 4 rings (SSSR count). The lowest BCUT2D eigenvalue weighted by Crippen LogP contribution is -2.45. The monoisotopic (exact) mass is 348 g/mol. The van der Waals surface area contributed by atoms with Crippen molar-refractivity contribution in [1.29, 1.82) is 0 Å². The molecule has 0 fully saturated rings. The number of aromatic nitrogens is 1. The van der Waals surface area contributed by atoms with E-state index in [-0.39, 0.29) is 18.5 Å². The smallest absolute Gasteiger partial charge is 0.318 e. The van der Waals surface area contributed by atoms with Gasteiger partial charge in [0, 0.05) is 30.2 Å². The van der Waals surface area contributed by atoms with Crippen molar-refractivity contribution in [2.75, 3.05) is 18.4 Å². The summed E-state index contributed by atoms with van der Waals surface area (Å²) < 4.78 is 0. The molecule has 0 bridgehead atoms. The zero-order valence-electron chi connectivity index (χ0n) is 14.3. The lowest BCUT2D eigenvalue weighted by Gasteiger charge is -2.28. The molecule has 1 aliphatic rings. The standard InChI is InChI=1S/C20H20N4O2/c25-19(23-18-7-3-6-17-16(18)8-10-21-17)12-22-20(26)24-11-9-14-4-1-2-5-15(14)13-24/h1-8,10,21H,9,11-13H2,(H,22,26)(H,23,25). The van der Waals surface area contributed by atoms with Gasteiger partial charge in [-0.1, -0.05) is 30.3 Å². The number of carbonyl (C=O) groups excluding carboxylic acids is 2. The Balaban J connectivity index is 1.33. The minimum absolute atomic E-state index is 0.0577. The fraction of sp³-hybridized carbons (Fsp3) is 0.200. The third-order valence-electron chi connectivity index (χ3n) is 4.69. The lowest BCUT2D eigenvalue weighted by molar-refractivity contribution is -0.115. The van der Waals surface area contributed by atoms with Crippen molar-refractivity contribution in [3.63, 3.8) is 0 Å². The van der Waals surface area contributed by atoms with Crippen LogP contribution < -0.4 is 10.6 Å². The predicted molar refractivity (Wildman–Crippen MR) is 101 cm³/mol. The molecule has 6 heteroatoms. The highest BCUT2D eigenvalue weighted by molar-refractivity contribution is 6.02. The number of fused-ring (bicyclic) bond motifs is 2. The van der Waals surface area contributed by atoms with E-state index in [1.807, 2.05) is 48.7 Å². The van der Waals surface area contributed by atoms with Crippen LogP contribution in [0.5, 0.6) is 0 Å². The highest BCUT2D eigenvalue weighted by Gasteiger charge is 2.20. The Morgan fingerprint density at radius 2 is 1.88 bits per heavy atom. The second-order valence-corrected chi connectivity index (χ2v) is 6.39. The van der Waals surface area contributed by atoms with Crippen LogP contribution in [-0.4, -0.2) is 34.9 Å². The predicted octanol–water partition coefficient (Wildman–Crippen LogP) is 2.87. The van der Waals surface area contributed by atoms with Crippen LogP contribution in [0.15, 0.2) is 54.7 Å². The minimum atomic E-state index is -0.246. The lowest BCUT2D eigenvalue weighted by atomic mass is 10.0. The van der Waals surface area contributed by atoms with Crippen LogP contribution in [0.3, 0.4) is 0 Å². The summed E-state index contributed by atoms with van der Waals surface area (Å²) >= 11 is 0. The van der Waals surface area contributed by atoms with E-state index in [4.69, 9.17) is 0 Å². The van der Waals surface area contributed by atoms with Gasteiger partial charge in [0.1, 0.15) is 0 Å². The number of hydrogen-bond acceptors (Lipinski definition) is 2. The number of hydrogen-bond donors (Lipinski definition) is 3. The molecule has 0 spiro atoms. The second-order valence-electron chi connectivity index (χ2n) is 6.39. The third kappa shape index (κ3) is 3.26. The number of H-pyrrole nitrogens is 1. The van der Waals surface area contributed by atoms with Gasteiger partial charge in [-0.05, 0) is 35.7 Å². The quantitative estimate of drug-likeness (QED) is 0.681. The SMILES string of the molecule is O=C(CNC(=O)N1CCc2ccccc2C1)Nc1cccc2[nH]ccc12. The summed E-state index contributed by atoms with van der Waals surface area (Å²) in [6.07, 6.45) is 2.67. The minimum Gasteiger partial charge on any atom is -0.361 e. The zero-order chi connectivity index (χ0) is 17.9. The number of nitrogens with zero attached hydrogens (tertiary/aromatic N) is 1. The van der Waals surface area contributed by atoms with Crippen molar-refractivity contribution in [2.24, 2.45) is 0 Å². The van der Waals surface area contributed by atoms with Gasteiger partial charge in [-0.2, -0.15) is 0 Å². The molecule has 6 nitrogen and oxygen atoms in total. The van der Waals surface area contributed by atoms with Gasteiger partial charge in [0.25, 0.3) is 0 Å². The summed E-state index contributed by atoms with van der Waals surface area (Å²) in [5.74, 6) is -0.246. The number of rotatable bonds is 3. The van der Waals surface area contributed by atoms with Gasteiger partial charge in [-0.3, -0.25) is 4.79 Å². The number of carbonyl (C=O) groups is 2. The van der Waals surface area contributed by atoms with Crippen LogP contribution in [-0.2, 0) is 17.8 Å². The van der Waals surface area contributed by atoms with E-state index in [1.54, 1.807) is 4.90 Å². The van der Waals surface area contributed by atoms with E-state index in [1.165, 1.54) is 5.56 Å². The molecule has 0 saturated heterocycles. The summed E-state index contributed by atoms with van der Waals surface area (Å²) in [5.41, 5.74) is 4.14. The molecule has 0 saturated carbocycles. The maximum Gasteiger partial charge on any atom is 0.318 e. The molecular formula is C20H20N4O2. The highest BCUT2D eigenvalue weighted by Crippen LogP contribution is 2.22. The first kappa shape index (κ1) is 16.2. The summed E-state index contributed by atoms with van der Waals surface area (Å²) in [5, 5.41) is 6.51. The molecule has 3 amide bonds. The first-order valence-electron chi connectivity index (χ1n) is 8.66. The number of aromatic amines is 1. The van der Waals surface area contributed by atoms with Crippen LogP contribution in [0.25, 0.3) is 10.9 Å². The van der Waals surface area contributed by atoms with E-state index in [9.17, 15) is 9.59 Å². The van der Waals surface area contributed by atoms with Gasteiger partial charge in [0.2, 0.25) is 5.91 Å². The molecule has 2 aromatic carbocycles. The normalized spacial score (nSPS) is 13.3. The van der Waals surface area contributed by atoms with Gasteiger partial charge in [0.15, 0.2) is 0 Å². The van der Waals surface area contributed by atoms with Crippen molar-refractivity contribution >= 4 is 28.5 Å². The summed E-state index contributed by atoms with van der Waals surface area (Å²) in [6, 6.07) is 15.5. The maximum absolute atomic E-state index is 12.4. The van der Waals surface area contributed by atoms with Crippen LogP contribution in [0.2, 0.25) is 0 Å². The number of benzene rings is 2. The third-order valence-corrected chi connectivity index (χ3v) is 4.69. The Kier molecular flexibility index (Phi) is 4.31. The van der Waals surface area contributed by atoms with Crippen LogP contribution in [0, 0.1) is 0 Å². The van der Waals surface area contributed by atoms with Crippen LogP contribution in [0.4, 0.5) is 10.5 Å². The van der Waals surface area contributed by atoms with E-state index >= 15 is 0 Å². The van der Waals surface area contributed by atoms with Crippen molar-refractivity contribution < 1.29 is 9.59 Å². The average molecular weight is 348 g/mol. The Hall–Kier alpha value is -3.28. The fourth-order valence-corrected chi connectivity index (χ4v) is 3.33. The molecule has 2 heterocycles. The number of nitrogens with one attached hydrogen (secondary N) is 3. The molecule has 3 N–H and O–H groups in total. The zero-order valence-corrected chi connectivity index (χ0v) is 14.3. The van der Waals surface area contributed by atoms with Crippen LogP contribution >= 0.6 is 0 Å². The summed E-state index contributed by atoms with van der Waals surface area (Å²) in [4.78, 5) is 29.4. The van der Waals surface area contributed by atoms with Gasteiger partial charge in [0.05, 0.1) is 12.2 Å². The number of urea groups is 1. The van der Waals surface area contributed by atoms with Gasteiger partial charge in [-0.15, -0.1) is 0 Å². The van der Waals surface area contributed by atoms with E-state index in [0.29, 0.717) is 13.1 Å². The molecule has 0 radical (unpaired) electrons. The van der Waals surface area contributed by atoms with Gasteiger partial charge < -0.3 is 20.5 Å². The highest BCUT2D eigenvalue weighted by atomic mass is 16.2. The van der Waals surface area contributed by atoms with Gasteiger partial charge in [-0.25, -0.2) is 4.79 Å². The molecule has 0 atom stereocenters. The largest absolute Gasteiger partial charge is 0.361 e. The van der Waals surface area contributed by atoms with Crippen molar-refractivity contribution in [1.82, 2.24) is 15.2 Å². The summed E-state index contributed by atoms with van der Waals surface area (Å²) in [6.45, 7) is 1.18. The second kappa shape index (κ2) is 6.92. The fourth-order valence-electron chi connectivity index (χ4n) is 3.33. The first-order chi connectivity index (χ1) is 12.7. The van der Waals surface area contributed by atoms with Crippen LogP contribution in [0.1, 0.15) is 11.1 Å². The van der Waals surface area contributed by atoms with E-state index < -0.39 is 0 Å². The van der Waals surface area contributed by atoms with Gasteiger partial charge >= 0.3 is 6.03 Å². The van der Waals surface area contributed by atoms with Crippen molar-refractivity contribution in [3.8, 4) is 0 Å². The molecule has 1 aliphatic heterocycles. The summed E-state index contributed by atoms with van der Waals surface area (Å²) in [7, 11) is 0. The molecule has 0 unspecified atom stereocenters.